The first-order valence-electron chi connectivity index (χ1n) is 5.01. The van der Waals surface area contributed by atoms with Crippen molar-refractivity contribution in [1.29, 1.82) is 0 Å². The average Bonchev–Trinajstić information content (AvgIpc) is 2.72. The summed E-state index contributed by atoms with van der Waals surface area (Å²) in [6.45, 7) is 0.733. The number of amides is 2. The molecule has 82 valence electrons. The number of carbonyl (C=O) groups is 2. The highest BCUT2D eigenvalue weighted by molar-refractivity contribution is 5.89. The van der Waals surface area contributed by atoms with Gasteiger partial charge in [0.2, 0.25) is 5.91 Å². The number of cyclic esters (lactones) is 1. The fourth-order valence-corrected chi connectivity index (χ4v) is 1.88. The van der Waals surface area contributed by atoms with Crippen molar-refractivity contribution >= 4 is 12.0 Å². The number of hydrogen-bond acceptors (Lipinski definition) is 3. The van der Waals surface area contributed by atoms with Crippen LogP contribution in [-0.2, 0) is 9.53 Å². The van der Waals surface area contributed by atoms with Crippen molar-refractivity contribution in [2.75, 3.05) is 20.6 Å². The summed E-state index contributed by atoms with van der Waals surface area (Å²) in [7, 11) is 3.34. The zero-order valence-electron chi connectivity index (χ0n) is 8.90. The van der Waals surface area contributed by atoms with E-state index in [1.807, 2.05) is 0 Å². The van der Waals surface area contributed by atoms with E-state index in [0.29, 0.717) is 5.76 Å². The fraction of sp³-hybridized carbons (Fsp3) is 0.600. The topological polar surface area (TPSA) is 49.9 Å². The van der Waals surface area contributed by atoms with E-state index in [1.54, 1.807) is 19.0 Å². The molecule has 2 heterocycles. The first-order chi connectivity index (χ1) is 7.09. The number of ether oxygens (including phenoxy) is 1. The first kappa shape index (κ1) is 10.0. The Kier molecular flexibility index (Phi) is 2.38. The van der Waals surface area contributed by atoms with Gasteiger partial charge >= 0.3 is 6.09 Å². The largest absolute Gasteiger partial charge is 0.415 e. The van der Waals surface area contributed by atoms with Gasteiger partial charge in [0.15, 0.2) is 0 Å². The van der Waals surface area contributed by atoms with Gasteiger partial charge in [-0.15, -0.1) is 0 Å². The van der Waals surface area contributed by atoms with E-state index in [9.17, 15) is 9.59 Å². The molecule has 1 unspecified atom stereocenters. The van der Waals surface area contributed by atoms with Gasteiger partial charge in [0.1, 0.15) is 5.76 Å². The number of nitrogens with zero attached hydrogens (tertiary/aromatic N) is 2. The van der Waals surface area contributed by atoms with Crippen LogP contribution in [0.4, 0.5) is 4.79 Å². The second-order valence-corrected chi connectivity index (χ2v) is 4.00. The van der Waals surface area contributed by atoms with Gasteiger partial charge in [-0.1, -0.05) is 0 Å². The van der Waals surface area contributed by atoms with E-state index in [1.165, 1.54) is 11.0 Å². The van der Waals surface area contributed by atoms with Crippen molar-refractivity contribution in [2.45, 2.75) is 18.9 Å². The van der Waals surface area contributed by atoms with E-state index in [0.717, 1.165) is 19.4 Å². The molecule has 0 aromatic carbocycles. The Morgan fingerprint density at radius 2 is 2.33 bits per heavy atom. The molecule has 5 nitrogen and oxygen atoms in total. The molecule has 2 amide bonds. The quantitative estimate of drug-likeness (QED) is 0.595. The van der Waals surface area contributed by atoms with Crippen molar-refractivity contribution < 1.29 is 14.3 Å². The second kappa shape index (κ2) is 3.56. The maximum Gasteiger partial charge on any atom is 0.415 e. The minimum Gasteiger partial charge on any atom is -0.412 e. The summed E-state index contributed by atoms with van der Waals surface area (Å²) in [6.07, 6.45) is 2.95. The number of rotatable bonds is 1. The molecule has 2 rings (SSSR count). The smallest absolute Gasteiger partial charge is 0.412 e. The zero-order valence-corrected chi connectivity index (χ0v) is 8.90. The summed E-state index contributed by atoms with van der Waals surface area (Å²) >= 11 is 0. The molecule has 0 spiro atoms. The van der Waals surface area contributed by atoms with Crippen molar-refractivity contribution in [2.24, 2.45) is 0 Å². The maximum atomic E-state index is 11.4. The predicted octanol–water partition coefficient (Wildman–Crippen LogP) is 0.573. The third-order valence-corrected chi connectivity index (χ3v) is 2.73. The fourth-order valence-electron chi connectivity index (χ4n) is 1.88. The molecular weight excluding hydrogens is 196 g/mol. The van der Waals surface area contributed by atoms with Crippen LogP contribution < -0.4 is 0 Å². The Morgan fingerprint density at radius 3 is 3.00 bits per heavy atom. The van der Waals surface area contributed by atoms with Crippen molar-refractivity contribution in [1.82, 2.24) is 9.80 Å². The summed E-state index contributed by atoms with van der Waals surface area (Å²) in [6, 6.07) is -0.0126. The first-order valence-corrected chi connectivity index (χ1v) is 5.01. The molecule has 0 saturated carbocycles. The molecule has 0 radical (unpaired) electrons. The molecular formula is C10H14N2O3. The molecule has 2 fully saturated rings. The van der Waals surface area contributed by atoms with Gasteiger partial charge in [-0.3, -0.25) is 9.69 Å². The van der Waals surface area contributed by atoms with Crippen molar-refractivity contribution in [3.8, 4) is 0 Å². The summed E-state index contributed by atoms with van der Waals surface area (Å²) in [5, 5.41) is 0. The van der Waals surface area contributed by atoms with Crippen LogP contribution in [-0.4, -0.2) is 48.5 Å². The predicted molar refractivity (Wildman–Crippen MR) is 53.0 cm³/mol. The SMILES string of the molecule is CN(C)C(=O)C=C1OC(=O)N2CCCC12. The standard InChI is InChI=1S/C10H14N2O3/c1-11(2)9(13)6-8-7-4-3-5-12(7)10(14)15-8/h6-7H,3-5H2,1-2H3. The van der Waals surface area contributed by atoms with Gasteiger partial charge in [-0.25, -0.2) is 4.79 Å². The van der Waals surface area contributed by atoms with Crippen LogP contribution >= 0.6 is 0 Å². The summed E-state index contributed by atoms with van der Waals surface area (Å²) in [5.74, 6) is 0.350. The highest BCUT2D eigenvalue weighted by Gasteiger charge is 2.41. The highest BCUT2D eigenvalue weighted by atomic mass is 16.6. The normalized spacial score (nSPS) is 26.8. The van der Waals surface area contributed by atoms with Gasteiger partial charge in [-0.05, 0) is 12.8 Å². The molecule has 0 bridgehead atoms. The lowest BCUT2D eigenvalue weighted by atomic mass is 10.2. The number of fused-ring (bicyclic) bond motifs is 1. The van der Waals surface area contributed by atoms with Crippen LogP contribution in [0.5, 0.6) is 0 Å². The molecule has 2 aliphatic rings. The number of likely N-dealkylation sites (N-methyl/N-ethyl adjacent to an activating group) is 1. The third-order valence-electron chi connectivity index (χ3n) is 2.73. The zero-order chi connectivity index (χ0) is 11.0. The Bertz CT molecular complexity index is 336. The van der Waals surface area contributed by atoms with E-state index in [4.69, 9.17) is 4.74 Å². The van der Waals surface area contributed by atoms with Crippen LogP contribution in [0.2, 0.25) is 0 Å². The molecule has 15 heavy (non-hydrogen) atoms. The summed E-state index contributed by atoms with van der Waals surface area (Å²) in [4.78, 5) is 25.9. The maximum absolute atomic E-state index is 11.4. The van der Waals surface area contributed by atoms with Crippen molar-refractivity contribution in [3.05, 3.63) is 11.8 Å². The van der Waals surface area contributed by atoms with E-state index >= 15 is 0 Å². The Morgan fingerprint density at radius 1 is 1.60 bits per heavy atom. The lowest BCUT2D eigenvalue weighted by Crippen LogP contribution is -2.27. The van der Waals surface area contributed by atoms with Crippen LogP contribution in [0.3, 0.4) is 0 Å². The molecule has 0 aliphatic carbocycles. The van der Waals surface area contributed by atoms with Gasteiger partial charge in [-0.2, -0.15) is 0 Å². The molecule has 2 aliphatic heterocycles. The Hall–Kier alpha value is -1.52. The van der Waals surface area contributed by atoms with E-state index in [-0.39, 0.29) is 18.0 Å². The molecule has 0 aromatic heterocycles. The van der Waals surface area contributed by atoms with Crippen LogP contribution in [0.1, 0.15) is 12.8 Å². The van der Waals surface area contributed by atoms with Crippen LogP contribution in [0.25, 0.3) is 0 Å². The molecule has 2 saturated heterocycles. The second-order valence-electron chi connectivity index (χ2n) is 4.00. The van der Waals surface area contributed by atoms with Crippen molar-refractivity contribution in [3.63, 3.8) is 0 Å². The minimum atomic E-state index is -0.324. The van der Waals surface area contributed by atoms with Gasteiger partial charge in [0, 0.05) is 26.7 Å². The molecule has 0 N–H and O–H groups in total. The monoisotopic (exact) mass is 210 g/mol. The highest BCUT2D eigenvalue weighted by Crippen LogP contribution is 2.31. The van der Waals surface area contributed by atoms with Crippen LogP contribution in [0, 0.1) is 0 Å². The summed E-state index contributed by atoms with van der Waals surface area (Å²) < 4.78 is 5.05. The third kappa shape index (κ3) is 1.69. The minimum absolute atomic E-state index is 0.0126. The average molecular weight is 210 g/mol. The van der Waals surface area contributed by atoms with Crippen LogP contribution in [0.15, 0.2) is 11.8 Å². The number of hydrogen-bond donors (Lipinski definition) is 0. The lowest BCUT2D eigenvalue weighted by Gasteiger charge is -2.10. The molecule has 1 atom stereocenters. The molecule has 0 aromatic rings. The summed E-state index contributed by atoms with van der Waals surface area (Å²) in [5.41, 5.74) is 0. The van der Waals surface area contributed by atoms with Gasteiger partial charge in [0.25, 0.3) is 0 Å². The lowest BCUT2D eigenvalue weighted by molar-refractivity contribution is -0.123. The van der Waals surface area contributed by atoms with Gasteiger partial charge in [0.05, 0.1) is 6.04 Å². The Balaban J connectivity index is 2.17. The van der Waals surface area contributed by atoms with E-state index < -0.39 is 0 Å². The Labute approximate surface area is 88.3 Å². The number of carbonyl (C=O) groups excluding carboxylic acids is 2. The van der Waals surface area contributed by atoms with E-state index in [2.05, 4.69) is 0 Å². The molecule has 5 heteroatoms. The van der Waals surface area contributed by atoms with Gasteiger partial charge < -0.3 is 9.64 Å².